The summed E-state index contributed by atoms with van der Waals surface area (Å²) in [5.41, 5.74) is 1.50. The maximum absolute atomic E-state index is 10.9. The number of hydrogen-bond acceptors (Lipinski definition) is 6. The van der Waals surface area contributed by atoms with Gasteiger partial charge in [-0.3, -0.25) is 15.1 Å². The molecule has 0 aromatic heterocycles. The van der Waals surface area contributed by atoms with Crippen LogP contribution in [0.3, 0.4) is 0 Å². The molecule has 1 aliphatic heterocycles. The van der Waals surface area contributed by atoms with Crippen LogP contribution >= 0.6 is 11.6 Å². The highest BCUT2D eigenvalue weighted by molar-refractivity contribution is 6.31. The highest BCUT2D eigenvalue weighted by Gasteiger charge is 2.17. The zero-order chi connectivity index (χ0) is 17.8. The van der Waals surface area contributed by atoms with Crippen molar-refractivity contribution in [3.05, 3.63) is 57.1 Å². The van der Waals surface area contributed by atoms with Crippen LogP contribution in [0.1, 0.15) is 5.56 Å². The first kappa shape index (κ1) is 17.2. The van der Waals surface area contributed by atoms with Crippen LogP contribution in [0.4, 0.5) is 17.1 Å². The zero-order valence-corrected chi connectivity index (χ0v) is 14.0. The predicted octanol–water partition coefficient (Wildman–Crippen LogP) is 3.54. The average Bonchev–Trinajstić information content (AvgIpc) is 2.63. The van der Waals surface area contributed by atoms with Gasteiger partial charge in [-0.25, -0.2) is 0 Å². The van der Waals surface area contributed by atoms with Crippen molar-refractivity contribution in [2.75, 3.05) is 31.2 Å². The second-order valence-corrected chi connectivity index (χ2v) is 5.93. The molecule has 0 spiro atoms. The van der Waals surface area contributed by atoms with E-state index in [-0.39, 0.29) is 10.6 Å². The van der Waals surface area contributed by atoms with E-state index in [0.717, 1.165) is 24.8 Å². The number of anilines is 1. The van der Waals surface area contributed by atoms with E-state index in [9.17, 15) is 15.2 Å². The van der Waals surface area contributed by atoms with Crippen LogP contribution in [0.5, 0.6) is 5.75 Å². The van der Waals surface area contributed by atoms with Crippen molar-refractivity contribution in [1.29, 1.82) is 0 Å². The number of nitro groups is 1. The van der Waals surface area contributed by atoms with Crippen molar-refractivity contribution < 1.29 is 14.8 Å². The van der Waals surface area contributed by atoms with Crippen molar-refractivity contribution in [3.8, 4) is 5.75 Å². The van der Waals surface area contributed by atoms with Gasteiger partial charge in [-0.05, 0) is 30.3 Å². The predicted molar refractivity (Wildman–Crippen MR) is 96.5 cm³/mol. The molecule has 2 aromatic rings. The molecule has 0 unspecified atom stereocenters. The van der Waals surface area contributed by atoms with E-state index in [1.807, 2.05) is 24.3 Å². The Bertz CT molecular complexity index is 802. The van der Waals surface area contributed by atoms with Gasteiger partial charge in [0, 0.05) is 41.6 Å². The third-order valence-electron chi connectivity index (χ3n) is 3.86. The number of ether oxygens (including phenoxy) is 1. The second-order valence-electron chi connectivity index (χ2n) is 5.49. The third kappa shape index (κ3) is 4.07. The number of phenols is 1. The summed E-state index contributed by atoms with van der Waals surface area (Å²) in [4.78, 5) is 16.7. The SMILES string of the molecule is O=[N+]([O-])c1cc(Cl)cc(C=Nc2ccc(N3CCOCC3)cc2)c1O. The van der Waals surface area contributed by atoms with Gasteiger partial charge in [-0.1, -0.05) is 11.6 Å². The number of nitrogens with zero attached hydrogens (tertiary/aromatic N) is 3. The van der Waals surface area contributed by atoms with E-state index >= 15 is 0 Å². The number of nitro benzene ring substituents is 1. The lowest BCUT2D eigenvalue weighted by molar-refractivity contribution is -0.385. The molecule has 2 aromatic carbocycles. The van der Waals surface area contributed by atoms with Gasteiger partial charge in [0.2, 0.25) is 5.75 Å². The first-order valence-corrected chi connectivity index (χ1v) is 8.06. The molecule has 0 aliphatic carbocycles. The fourth-order valence-electron chi connectivity index (χ4n) is 2.56. The highest BCUT2D eigenvalue weighted by atomic mass is 35.5. The molecule has 1 fully saturated rings. The Balaban J connectivity index is 1.79. The summed E-state index contributed by atoms with van der Waals surface area (Å²) in [6, 6.07) is 10.1. The van der Waals surface area contributed by atoms with Gasteiger partial charge in [0.25, 0.3) is 0 Å². The number of aromatic hydroxyl groups is 1. The number of hydrogen-bond donors (Lipinski definition) is 1. The molecule has 1 heterocycles. The van der Waals surface area contributed by atoms with Gasteiger partial charge >= 0.3 is 5.69 Å². The van der Waals surface area contributed by atoms with Gasteiger partial charge < -0.3 is 14.7 Å². The van der Waals surface area contributed by atoms with Gasteiger partial charge in [0.1, 0.15) is 0 Å². The molecular weight excluding hydrogens is 346 g/mol. The Morgan fingerprint density at radius 1 is 1.24 bits per heavy atom. The summed E-state index contributed by atoms with van der Waals surface area (Å²) in [7, 11) is 0. The summed E-state index contributed by atoms with van der Waals surface area (Å²) in [5, 5.41) is 21.0. The Morgan fingerprint density at radius 3 is 2.56 bits per heavy atom. The quantitative estimate of drug-likeness (QED) is 0.511. The molecule has 1 N–H and O–H groups in total. The van der Waals surface area contributed by atoms with Gasteiger partial charge in [-0.2, -0.15) is 0 Å². The molecular formula is C17H16ClN3O4. The molecule has 0 saturated carbocycles. The molecule has 8 heteroatoms. The topological polar surface area (TPSA) is 88.2 Å². The van der Waals surface area contributed by atoms with E-state index in [4.69, 9.17) is 16.3 Å². The Morgan fingerprint density at radius 2 is 1.92 bits per heavy atom. The number of aliphatic imine (C=N–C) groups is 1. The van der Waals surface area contributed by atoms with Crippen molar-refractivity contribution in [1.82, 2.24) is 0 Å². The highest BCUT2D eigenvalue weighted by Crippen LogP contribution is 2.32. The molecule has 1 aliphatic rings. The third-order valence-corrected chi connectivity index (χ3v) is 4.08. The van der Waals surface area contributed by atoms with Crippen LogP contribution in [-0.4, -0.2) is 42.5 Å². The summed E-state index contributed by atoms with van der Waals surface area (Å²) >= 11 is 5.86. The van der Waals surface area contributed by atoms with E-state index < -0.39 is 16.4 Å². The summed E-state index contributed by atoms with van der Waals surface area (Å²) < 4.78 is 5.33. The van der Waals surface area contributed by atoms with Crippen molar-refractivity contribution >= 4 is 34.9 Å². The summed E-state index contributed by atoms with van der Waals surface area (Å²) in [6.07, 6.45) is 1.36. The molecule has 0 radical (unpaired) electrons. The van der Waals surface area contributed by atoms with Gasteiger partial charge in [-0.15, -0.1) is 0 Å². The zero-order valence-electron chi connectivity index (χ0n) is 13.3. The Hall–Kier alpha value is -2.64. The van der Waals surface area contributed by atoms with Crippen molar-refractivity contribution in [3.63, 3.8) is 0 Å². The first-order chi connectivity index (χ1) is 12.0. The van der Waals surface area contributed by atoms with E-state index in [0.29, 0.717) is 18.9 Å². The standard InChI is InChI=1S/C17H16ClN3O4/c18-13-9-12(17(22)16(10-13)21(23)24)11-19-14-1-3-15(4-2-14)20-5-7-25-8-6-20/h1-4,9-11,22H,5-8H2. The lowest BCUT2D eigenvalue weighted by Gasteiger charge is -2.28. The fourth-order valence-corrected chi connectivity index (χ4v) is 2.78. The summed E-state index contributed by atoms with van der Waals surface area (Å²) in [5.74, 6) is -0.455. The molecule has 0 amide bonds. The van der Waals surface area contributed by atoms with Gasteiger partial charge in [0.05, 0.1) is 23.8 Å². The number of phenolic OH excluding ortho intramolecular Hbond substituents is 1. The van der Waals surface area contributed by atoms with E-state index in [1.165, 1.54) is 12.3 Å². The minimum absolute atomic E-state index is 0.161. The molecule has 1 saturated heterocycles. The fraction of sp³-hybridized carbons (Fsp3) is 0.235. The lowest BCUT2D eigenvalue weighted by Crippen LogP contribution is -2.36. The van der Waals surface area contributed by atoms with Gasteiger partial charge in [0.15, 0.2) is 0 Å². The first-order valence-electron chi connectivity index (χ1n) is 7.68. The molecule has 7 nitrogen and oxygen atoms in total. The van der Waals surface area contributed by atoms with Crippen LogP contribution in [0.15, 0.2) is 41.4 Å². The van der Waals surface area contributed by atoms with Crippen LogP contribution in [0, 0.1) is 10.1 Å². The Labute approximate surface area is 149 Å². The second kappa shape index (κ2) is 7.50. The average molecular weight is 362 g/mol. The number of halogens is 1. The molecule has 3 rings (SSSR count). The summed E-state index contributed by atoms with van der Waals surface area (Å²) in [6.45, 7) is 3.13. The maximum Gasteiger partial charge on any atom is 0.312 e. The van der Waals surface area contributed by atoms with Crippen LogP contribution in [0.2, 0.25) is 5.02 Å². The molecule has 0 atom stereocenters. The number of rotatable bonds is 4. The largest absolute Gasteiger partial charge is 0.502 e. The molecule has 0 bridgehead atoms. The van der Waals surface area contributed by atoms with Crippen LogP contribution in [0.25, 0.3) is 0 Å². The maximum atomic E-state index is 10.9. The lowest BCUT2D eigenvalue weighted by atomic mass is 10.2. The minimum atomic E-state index is -0.685. The molecule has 130 valence electrons. The molecule has 25 heavy (non-hydrogen) atoms. The van der Waals surface area contributed by atoms with E-state index in [2.05, 4.69) is 9.89 Å². The van der Waals surface area contributed by atoms with Crippen LogP contribution in [-0.2, 0) is 4.74 Å². The van der Waals surface area contributed by atoms with Crippen LogP contribution < -0.4 is 4.90 Å². The normalized spacial score (nSPS) is 14.8. The van der Waals surface area contributed by atoms with E-state index in [1.54, 1.807) is 0 Å². The van der Waals surface area contributed by atoms with Crippen molar-refractivity contribution in [2.24, 2.45) is 4.99 Å². The number of morpholine rings is 1. The van der Waals surface area contributed by atoms with Crippen molar-refractivity contribution in [2.45, 2.75) is 0 Å². The minimum Gasteiger partial charge on any atom is -0.502 e. The number of benzene rings is 2. The smallest absolute Gasteiger partial charge is 0.312 e. The Kier molecular flexibility index (Phi) is 5.16. The monoisotopic (exact) mass is 361 g/mol.